The highest BCUT2D eigenvalue weighted by Gasteiger charge is 2.25. The minimum atomic E-state index is -5.25. The number of hydrogen-bond donors (Lipinski definition) is 8. The summed E-state index contributed by atoms with van der Waals surface area (Å²) in [6.07, 6.45) is 0. The molecule has 1 heterocycles. The van der Waals surface area contributed by atoms with Crippen LogP contribution < -0.4 is 15.0 Å². The summed E-state index contributed by atoms with van der Waals surface area (Å²) in [4.78, 5) is 32.9. The normalized spacial score (nSPS) is 12.4. The van der Waals surface area contributed by atoms with Crippen molar-refractivity contribution >= 4 is 86.9 Å². The van der Waals surface area contributed by atoms with E-state index in [4.69, 9.17) is 9.47 Å². The number of nitro groups is 1. The minimum Gasteiger partial charge on any atom is -0.505 e. The van der Waals surface area contributed by atoms with Gasteiger partial charge in [0.05, 0.1) is 40.0 Å². The van der Waals surface area contributed by atoms with Crippen LogP contribution >= 0.6 is 0 Å². The van der Waals surface area contributed by atoms with Crippen molar-refractivity contribution in [1.29, 1.82) is 0 Å². The summed E-state index contributed by atoms with van der Waals surface area (Å²) in [6, 6.07) is 11.5. The number of aromatic amines is 1. The number of non-ortho nitro benzene ring substituents is 1. The van der Waals surface area contributed by atoms with Gasteiger partial charge in [0.1, 0.15) is 62.9 Å². The molecule has 0 unspecified atom stereocenters. The van der Waals surface area contributed by atoms with Crippen molar-refractivity contribution in [2.45, 2.75) is 21.6 Å². The fourth-order valence-corrected chi connectivity index (χ4v) is 7.81. The maximum atomic E-state index is 13.5. The first kappa shape index (κ1) is 49.5. The fraction of sp³-hybridized carbons (Fsp3) is 0.135. The molecule has 0 aliphatic rings. The predicted octanol–water partition coefficient (Wildman–Crippen LogP) is 5.67. The second kappa shape index (κ2) is 19.5. The van der Waals surface area contributed by atoms with Crippen LogP contribution in [0.4, 0.5) is 39.8 Å². The van der Waals surface area contributed by atoms with Gasteiger partial charge in [-0.15, -0.1) is 30.7 Å². The van der Waals surface area contributed by atoms with Crippen LogP contribution in [0.1, 0.15) is 16.1 Å². The standard InChI is InChI=1S/C37H31N9O19S3/c1-18-33(42-39-26-6-3-21(46(53)54)14-31(26)67(58,59)60)36(50)45(44-18)20-2-5-23-19(12-20)13-32(68(61,62)63)34(35(23)49)43-41-28-17-29(64-10-8-47)27(16-30(28)65-11-9-48)40-38-25-7-4-22(66(55,56)57)15-24(25)37(51)52/h2-7,12-17,44,47-49H,8-11H2,1H3,(H,51,52)(H,55,56,57)(H,58,59,60)(H,61,62,63). The van der Waals surface area contributed by atoms with Gasteiger partial charge >= 0.3 is 5.97 Å². The number of aliphatic hydroxyl groups is 2. The third-order valence-electron chi connectivity index (χ3n) is 9.06. The van der Waals surface area contributed by atoms with Gasteiger partial charge < -0.3 is 29.9 Å². The van der Waals surface area contributed by atoms with Gasteiger partial charge in [-0.2, -0.15) is 25.3 Å². The van der Waals surface area contributed by atoms with E-state index in [1.54, 1.807) is 0 Å². The summed E-state index contributed by atoms with van der Waals surface area (Å²) in [7, 11) is -15.1. The van der Waals surface area contributed by atoms with E-state index in [9.17, 15) is 79.0 Å². The molecular formula is C37H31N9O19S3. The fourth-order valence-electron chi connectivity index (χ4n) is 6.00. The van der Waals surface area contributed by atoms with Crippen LogP contribution in [0, 0.1) is 17.0 Å². The van der Waals surface area contributed by atoms with Crippen molar-refractivity contribution in [3.05, 3.63) is 105 Å². The number of ether oxygens (including phenoxy) is 2. The molecule has 356 valence electrons. The smallest absolute Gasteiger partial charge is 0.338 e. The highest BCUT2D eigenvalue weighted by atomic mass is 32.2. The number of nitro benzene ring substituents is 1. The van der Waals surface area contributed by atoms with E-state index in [1.807, 2.05) is 0 Å². The zero-order chi connectivity index (χ0) is 49.9. The number of carbonyl (C=O) groups is 1. The lowest BCUT2D eigenvalue weighted by molar-refractivity contribution is -0.385. The number of hydrogen-bond acceptors (Lipinski definition) is 21. The molecule has 28 nitrogen and oxygen atoms in total. The molecule has 0 atom stereocenters. The topological polar surface area (TPSA) is 435 Å². The van der Waals surface area contributed by atoms with Gasteiger partial charge in [-0.1, -0.05) is 0 Å². The number of azo groups is 3. The Labute approximate surface area is 380 Å². The second-order valence-corrected chi connectivity index (χ2v) is 17.8. The Kier molecular flexibility index (Phi) is 14.2. The van der Waals surface area contributed by atoms with Crippen LogP contribution in [0.15, 0.2) is 123 Å². The lowest BCUT2D eigenvalue weighted by atomic mass is 10.1. The van der Waals surface area contributed by atoms with E-state index in [1.165, 1.54) is 25.1 Å². The highest BCUT2D eigenvalue weighted by molar-refractivity contribution is 7.86. The van der Waals surface area contributed by atoms with Crippen LogP contribution in [0.2, 0.25) is 0 Å². The summed E-state index contributed by atoms with van der Waals surface area (Å²) in [5, 5.41) is 76.8. The summed E-state index contributed by atoms with van der Waals surface area (Å²) in [5.41, 5.74) is -4.93. The molecule has 0 aliphatic carbocycles. The molecule has 6 aromatic rings. The van der Waals surface area contributed by atoms with Crippen LogP contribution in [0.5, 0.6) is 17.2 Å². The number of rotatable bonds is 18. The molecule has 0 radical (unpaired) electrons. The Morgan fingerprint density at radius 3 is 1.82 bits per heavy atom. The van der Waals surface area contributed by atoms with E-state index in [0.29, 0.717) is 12.1 Å². The Morgan fingerprint density at radius 1 is 0.706 bits per heavy atom. The van der Waals surface area contributed by atoms with Crippen molar-refractivity contribution in [3.8, 4) is 22.9 Å². The number of aromatic hydroxyl groups is 1. The molecule has 6 rings (SSSR count). The van der Waals surface area contributed by atoms with Crippen molar-refractivity contribution in [2.75, 3.05) is 26.4 Å². The number of fused-ring (bicyclic) bond motifs is 1. The number of benzene rings is 5. The molecule has 0 saturated carbocycles. The van der Waals surface area contributed by atoms with Gasteiger partial charge in [-0.3, -0.25) is 33.7 Å². The zero-order valence-corrected chi connectivity index (χ0v) is 36.5. The maximum Gasteiger partial charge on any atom is 0.338 e. The number of nitrogens with zero attached hydrogens (tertiary/aromatic N) is 8. The third-order valence-corrected chi connectivity index (χ3v) is 11.7. The molecule has 0 amide bonds. The van der Waals surface area contributed by atoms with Crippen LogP contribution in [-0.2, 0) is 30.4 Å². The highest BCUT2D eigenvalue weighted by Crippen LogP contribution is 2.45. The number of carboxylic acids is 1. The van der Waals surface area contributed by atoms with E-state index < -0.39 is 121 Å². The number of aliphatic hydroxyl groups excluding tert-OH is 2. The van der Waals surface area contributed by atoms with Crippen molar-refractivity contribution < 1.29 is 78.5 Å². The first-order valence-corrected chi connectivity index (χ1v) is 22.9. The average molecular weight is 1000 g/mol. The van der Waals surface area contributed by atoms with Crippen LogP contribution in [0.25, 0.3) is 16.5 Å². The number of aryl methyl sites for hydroxylation is 1. The van der Waals surface area contributed by atoms with Crippen molar-refractivity contribution in [3.63, 3.8) is 0 Å². The summed E-state index contributed by atoms with van der Waals surface area (Å²) < 4.78 is 114. The molecule has 5 aromatic carbocycles. The maximum absolute atomic E-state index is 13.5. The molecule has 0 bridgehead atoms. The summed E-state index contributed by atoms with van der Waals surface area (Å²) in [6.45, 7) is -0.494. The SMILES string of the molecule is Cc1[nH]n(-c2ccc3c(O)c(N=Nc4cc(OCCO)c(N=Nc5ccc(S(=O)(=O)O)cc5C(=O)O)cc4OCCO)c(S(=O)(=O)O)cc3c2)c(=O)c1N=Nc1ccc([N+](=O)[O-])cc1S(=O)(=O)O. The van der Waals surface area contributed by atoms with Crippen molar-refractivity contribution in [2.24, 2.45) is 30.7 Å². The van der Waals surface area contributed by atoms with Gasteiger partial charge in [0.2, 0.25) is 0 Å². The largest absolute Gasteiger partial charge is 0.505 e. The molecule has 1 aromatic heterocycles. The zero-order valence-electron chi connectivity index (χ0n) is 34.1. The first-order valence-electron chi connectivity index (χ1n) is 18.5. The quantitative estimate of drug-likeness (QED) is 0.0222. The lowest BCUT2D eigenvalue weighted by Crippen LogP contribution is -2.14. The molecule has 0 saturated heterocycles. The molecular weight excluding hydrogens is 971 g/mol. The predicted molar refractivity (Wildman–Crippen MR) is 230 cm³/mol. The number of aromatic nitrogens is 2. The monoisotopic (exact) mass is 1000 g/mol. The molecule has 0 spiro atoms. The average Bonchev–Trinajstić information content (AvgIpc) is 3.56. The molecule has 31 heteroatoms. The van der Waals surface area contributed by atoms with Gasteiger partial charge in [-0.25, -0.2) is 9.48 Å². The number of nitrogens with one attached hydrogen (secondary N) is 1. The second-order valence-electron chi connectivity index (χ2n) is 13.6. The Bertz CT molecular complexity index is 3540. The number of phenolic OH excluding ortho intramolecular Hbond substituents is 1. The summed E-state index contributed by atoms with van der Waals surface area (Å²) >= 11 is 0. The third kappa shape index (κ3) is 10.9. The van der Waals surface area contributed by atoms with Crippen LogP contribution in [-0.4, -0.2) is 106 Å². The van der Waals surface area contributed by atoms with Gasteiger partial charge in [0.15, 0.2) is 11.4 Å². The van der Waals surface area contributed by atoms with Gasteiger partial charge in [0.25, 0.3) is 41.6 Å². The van der Waals surface area contributed by atoms with E-state index in [-0.39, 0.29) is 51.6 Å². The number of carboxylic acid groups (broad SMARTS) is 1. The number of H-pyrrole nitrogens is 1. The Hall–Kier alpha value is -7.91. The molecule has 0 aliphatic heterocycles. The van der Waals surface area contributed by atoms with Gasteiger partial charge in [-0.05, 0) is 60.8 Å². The Balaban J connectivity index is 1.41. The lowest BCUT2D eigenvalue weighted by Gasteiger charge is -2.13. The van der Waals surface area contributed by atoms with Crippen LogP contribution in [0.3, 0.4) is 0 Å². The van der Waals surface area contributed by atoms with E-state index in [2.05, 4.69) is 35.8 Å². The molecule has 68 heavy (non-hydrogen) atoms. The number of phenols is 1. The van der Waals surface area contributed by atoms with E-state index in [0.717, 1.165) is 47.1 Å². The summed E-state index contributed by atoms with van der Waals surface area (Å²) in [5.74, 6) is -3.00. The van der Waals surface area contributed by atoms with E-state index >= 15 is 0 Å². The minimum absolute atomic E-state index is 0.0105. The first-order chi connectivity index (χ1) is 31.9. The van der Waals surface area contributed by atoms with Crippen molar-refractivity contribution in [1.82, 2.24) is 9.78 Å². The van der Waals surface area contributed by atoms with Gasteiger partial charge in [0, 0.05) is 29.7 Å². The molecule has 8 N–H and O–H groups in total. The molecule has 0 fully saturated rings. The Morgan fingerprint density at radius 2 is 1.26 bits per heavy atom. The number of aromatic carboxylic acids is 1.